The van der Waals surface area contributed by atoms with Crippen molar-refractivity contribution in [3.05, 3.63) is 23.0 Å². The Hall–Kier alpha value is -1.14. The van der Waals surface area contributed by atoms with Gasteiger partial charge in [0.1, 0.15) is 4.75 Å². The first kappa shape index (κ1) is 14.9. The van der Waals surface area contributed by atoms with E-state index < -0.39 is 20.5 Å². The summed E-state index contributed by atoms with van der Waals surface area (Å²) in [5, 5.41) is 2.64. The Bertz CT molecular complexity index is 562. The van der Waals surface area contributed by atoms with Crippen LogP contribution in [0, 0.1) is 6.92 Å². The topological polar surface area (TPSA) is 76.1 Å². The predicted octanol–water partition coefficient (Wildman–Crippen LogP) is 1.81. The van der Waals surface area contributed by atoms with Crippen LogP contribution in [-0.2, 0) is 14.6 Å². The van der Waals surface area contributed by atoms with Gasteiger partial charge in [-0.2, -0.15) is 0 Å². The van der Waals surface area contributed by atoms with Crippen LogP contribution in [0.3, 0.4) is 0 Å². The van der Waals surface area contributed by atoms with Gasteiger partial charge in [0, 0.05) is 12.5 Å². The Balaban J connectivity index is 3.10. The van der Waals surface area contributed by atoms with Crippen molar-refractivity contribution in [3.8, 4) is 0 Å². The van der Waals surface area contributed by atoms with Crippen LogP contribution in [0.4, 0.5) is 5.69 Å². The molecule has 0 fully saturated rings. The molecule has 0 radical (unpaired) electrons. The van der Waals surface area contributed by atoms with Crippen LogP contribution in [0.2, 0.25) is 5.15 Å². The van der Waals surface area contributed by atoms with Crippen molar-refractivity contribution in [2.24, 2.45) is 0 Å². The van der Waals surface area contributed by atoms with Crippen molar-refractivity contribution in [3.63, 3.8) is 0 Å². The number of aromatic nitrogens is 1. The zero-order chi connectivity index (χ0) is 14.1. The fourth-order valence-electron chi connectivity index (χ4n) is 1.11. The summed E-state index contributed by atoms with van der Waals surface area (Å²) in [5.41, 5.74) is 1.05. The highest BCUT2D eigenvalue weighted by Crippen LogP contribution is 2.25. The number of hydrogen-bond donors (Lipinski definition) is 1. The van der Waals surface area contributed by atoms with Gasteiger partial charge in [0.15, 0.2) is 15.0 Å². The van der Waals surface area contributed by atoms with E-state index >= 15 is 0 Å². The van der Waals surface area contributed by atoms with E-state index in [-0.39, 0.29) is 5.15 Å². The van der Waals surface area contributed by atoms with Crippen molar-refractivity contribution < 1.29 is 13.2 Å². The molecule has 5 nitrogen and oxygen atoms in total. The standard InChI is InChI=1S/C11H15ClN2O3S/c1-7-5-6-13-9(12)8(7)14-10(15)11(2,3)18(4,16)17/h5-6H,1-4H3,(H,14,15). The first-order valence-electron chi connectivity index (χ1n) is 5.19. The van der Waals surface area contributed by atoms with E-state index in [0.29, 0.717) is 11.3 Å². The second-order valence-electron chi connectivity index (χ2n) is 4.53. The van der Waals surface area contributed by atoms with Crippen molar-refractivity contribution in [1.29, 1.82) is 0 Å². The molecule has 0 aliphatic carbocycles. The molecule has 1 amide bonds. The van der Waals surface area contributed by atoms with Gasteiger partial charge in [0.25, 0.3) is 0 Å². The van der Waals surface area contributed by atoms with Crippen LogP contribution in [0.25, 0.3) is 0 Å². The Labute approximate surface area is 111 Å². The number of sulfone groups is 1. The van der Waals surface area contributed by atoms with Crippen LogP contribution in [0.15, 0.2) is 12.3 Å². The highest BCUT2D eigenvalue weighted by atomic mass is 35.5. The molecule has 1 heterocycles. The average molecular weight is 291 g/mol. The lowest BCUT2D eigenvalue weighted by atomic mass is 10.1. The molecule has 1 aromatic heterocycles. The van der Waals surface area contributed by atoms with Gasteiger partial charge in [0.05, 0.1) is 5.69 Å². The molecule has 0 saturated heterocycles. The van der Waals surface area contributed by atoms with Gasteiger partial charge in [-0.25, -0.2) is 13.4 Å². The third kappa shape index (κ3) is 2.81. The fourth-order valence-corrected chi connectivity index (χ4v) is 1.75. The molecule has 0 aromatic carbocycles. The maximum atomic E-state index is 12.0. The largest absolute Gasteiger partial charge is 0.322 e. The number of hydrogen-bond acceptors (Lipinski definition) is 4. The molecule has 0 atom stereocenters. The Morgan fingerprint density at radius 3 is 2.44 bits per heavy atom. The third-order valence-corrected chi connectivity index (χ3v) is 5.15. The van der Waals surface area contributed by atoms with Gasteiger partial charge in [-0.1, -0.05) is 11.6 Å². The number of aryl methyl sites for hydroxylation is 1. The number of rotatable bonds is 3. The van der Waals surface area contributed by atoms with Crippen molar-refractivity contribution >= 4 is 33.0 Å². The molecule has 0 unspecified atom stereocenters. The number of pyridine rings is 1. The van der Waals surface area contributed by atoms with Crippen LogP contribution >= 0.6 is 11.6 Å². The van der Waals surface area contributed by atoms with E-state index in [1.165, 1.54) is 20.0 Å². The van der Waals surface area contributed by atoms with Gasteiger partial charge < -0.3 is 5.32 Å². The summed E-state index contributed by atoms with van der Waals surface area (Å²) >= 11 is 5.86. The molecule has 0 spiro atoms. The highest BCUT2D eigenvalue weighted by Gasteiger charge is 2.38. The summed E-state index contributed by atoms with van der Waals surface area (Å²) in [6, 6.07) is 1.68. The lowest BCUT2D eigenvalue weighted by molar-refractivity contribution is -0.117. The summed E-state index contributed by atoms with van der Waals surface area (Å²) in [7, 11) is -3.52. The van der Waals surface area contributed by atoms with E-state index in [4.69, 9.17) is 11.6 Å². The molecule has 7 heteroatoms. The maximum Gasteiger partial charge on any atom is 0.245 e. The summed E-state index contributed by atoms with van der Waals surface area (Å²) in [6.07, 6.45) is 2.53. The zero-order valence-electron chi connectivity index (χ0n) is 10.6. The predicted molar refractivity (Wildman–Crippen MR) is 71.5 cm³/mol. The van der Waals surface area contributed by atoms with E-state index in [2.05, 4.69) is 10.3 Å². The van der Waals surface area contributed by atoms with E-state index in [9.17, 15) is 13.2 Å². The normalized spacial score (nSPS) is 12.3. The molecular formula is C11H15ClN2O3S. The minimum Gasteiger partial charge on any atom is -0.322 e. The zero-order valence-corrected chi connectivity index (χ0v) is 12.2. The third-order valence-electron chi connectivity index (χ3n) is 2.83. The smallest absolute Gasteiger partial charge is 0.245 e. The molecule has 0 saturated carbocycles. The first-order chi connectivity index (χ1) is 8.07. The Morgan fingerprint density at radius 2 is 2.00 bits per heavy atom. The van der Waals surface area contributed by atoms with Crippen LogP contribution in [-0.4, -0.2) is 30.3 Å². The molecule has 100 valence electrons. The quantitative estimate of drug-likeness (QED) is 0.861. The van der Waals surface area contributed by atoms with Crippen LogP contribution in [0.5, 0.6) is 0 Å². The molecular weight excluding hydrogens is 276 g/mol. The van der Waals surface area contributed by atoms with Crippen LogP contribution < -0.4 is 5.32 Å². The van der Waals surface area contributed by atoms with Gasteiger partial charge in [-0.05, 0) is 32.4 Å². The van der Waals surface area contributed by atoms with Crippen LogP contribution in [0.1, 0.15) is 19.4 Å². The molecule has 1 aromatic rings. The summed E-state index contributed by atoms with van der Waals surface area (Å²) < 4.78 is 21.6. The fraction of sp³-hybridized carbons (Fsp3) is 0.455. The minimum atomic E-state index is -3.52. The second-order valence-corrected chi connectivity index (χ2v) is 7.45. The van der Waals surface area contributed by atoms with Gasteiger partial charge in [0.2, 0.25) is 5.91 Å². The summed E-state index contributed by atoms with van der Waals surface area (Å²) in [6.45, 7) is 4.44. The molecule has 18 heavy (non-hydrogen) atoms. The lowest BCUT2D eigenvalue weighted by Crippen LogP contribution is -2.44. The highest BCUT2D eigenvalue weighted by molar-refractivity contribution is 7.92. The summed E-state index contributed by atoms with van der Waals surface area (Å²) in [5.74, 6) is -0.636. The molecule has 0 bridgehead atoms. The van der Waals surface area contributed by atoms with Gasteiger partial charge in [-0.3, -0.25) is 4.79 Å². The van der Waals surface area contributed by atoms with E-state index in [1.807, 2.05) is 0 Å². The SMILES string of the molecule is Cc1ccnc(Cl)c1NC(=O)C(C)(C)S(C)(=O)=O. The van der Waals surface area contributed by atoms with E-state index in [1.54, 1.807) is 13.0 Å². The second kappa shape index (κ2) is 4.85. The number of anilines is 1. The van der Waals surface area contributed by atoms with Crippen molar-refractivity contribution in [2.75, 3.05) is 11.6 Å². The number of halogens is 1. The maximum absolute atomic E-state index is 12.0. The van der Waals surface area contributed by atoms with Gasteiger partial charge in [-0.15, -0.1) is 0 Å². The Kier molecular flexibility index (Phi) is 4.02. The first-order valence-corrected chi connectivity index (χ1v) is 7.46. The molecule has 0 aliphatic heterocycles. The number of nitrogens with zero attached hydrogens (tertiary/aromatic N) is 1. The number of nitrogens with one attached hydrogen (secondary N) is 1. The molecule has 1 N–H and O–H groups in total. The van der Waals surface area contributed by atoms with Gasteiger partial charge >= 0.3 is 0 Å². The lowest BCUT2D eigenvalue weighted by Gasteiger charge is -2.22. The molecule has 1 rings (SSSR count). The van der Waals surface area contributed by atoms with E-state index in [0.717, 1.165) is 6.26 Å². The van der Waals surface area contributed by atoms with Crippen molar-refractivity contribution in [1.82, 2.24) is 4.98 Å². The van der Waals surface area contributed by atoms with Crippen molar-refractivity contribution in [2.45, 2.75) is 25.5 Å². The number of carbonyl (C=O) groups excluding carboxylic acids is 1. The Morgan fingerprint density at radius 1 is 1.44 bits per heavy atom. The monoisotopic (exact) mass is 290 g/mol. The average Bonchev–Trinajstić information content (AvgIpc) is 2.21. The minimum absolute atomic E-state index is 0.132. The summed E-state index contributed by atoms with van der Waals surface area (Å²) in [4.78, 5) is 15.8. The number of carbonyl (C=O) groups is 1. The molecule has 0 aliphatic rings. The number of amides is 1.